The average molecular weight is 580 g/mol. The summed E-state index contributed by atoms with van der Waals surface area (Å²) in [5, 5.41) is 2.84. The van der Waals surface area contributed by atoms with E-state index in [1.165, 1.54) is 14.9 Å². The van der Waals surface area contributed by atoms with Gasteiger partial charge in [-0.25, -0.2) is 9.46 Å². The fourth-order valence-corrected chi connectivity index (χ4v) is 12.5. The number of hydrogen-bond acceptors (Lipinski definition) is 6. The number of fused-ring (bicyclic) bond motifs is 1. The molecule has 212 valence electrons. The van der Waals surface area contributed by atoms with Crippen LogP contribution in [0.2, 0.25) is 12.6 Å². The molecule has 0 bridgehead atoms. The van der Waals surface area contributed by atoms with Crippen LogP contribution in [0.25, 0.3) is 0 Å². The number of benzene rings is 2. The number of aromatic nitrogens is 2. The van der Waals surface area contributed by atoms with Crippen LogP contribution in [0.3, 0.4) is 0 Å². The third-order valence-electron chi connectivity index (χ3n) is 8.83. The summed E-state index contributed by atoms with van der Waals surface area (Å²) in [7, 11) is -3.32. The fourth-order valence-electron chi connectivity index (χ4n) is 6.54. The first-order valence-corrected chi connectivity index (χ1v) is 18.2. The summed E-state index contributed by atoms with van der Waals surface area (Å²) in [5.41, 5.74) is -0.338. The molecule has 0 amide bonds. The predicted octanol–water partition coefficient (Wildman–Crippen LogP) is 3.91. The van der Waals surface area contributed by atoms with Gasteiger partial charge in [0.2, 0.25) is 0 Å². The van der Waals surface area contributed by atoms with Crippen molar-refractivity contribution in [1.82, 2.24) is 14.2 Å². The molecule has 6 rings (SSSR count). The van der Waals surface area contributed by atoms with Gasteiger partial charge in [0.15, 0.2) is 0 Å². The zero-order chi connectivity index (χ0) is 27.9. The van der Waals surface area contributed by atoms with Crippen LogP contribution in [-0.4, -0.2) is 53.2 Å². The monoisotopic (exact) mass is 579 g/mol. The minimum Gasteiger partial charge on any atom is -0.352 e. The molecule has 1 N–H and O–H groups in total. The predicted molar refractivity (Wildman–Crippen MR) is 160 cm³/mol. The highest BCUT2D eigenvalue weighted by molar-refractivity contribution is 7.45. The van der Waals surface area contributed by atoms with Crippen molar-refractivity contribution in [3.05, 3.63) is 93.3 Å². The average Bonchev–Trinajstić information content (AvgIpc) is 3.69. The van der Waals surface area contributed by atoms with E-state index < -0.39 is 28.5 Å². The Bertz CT molecular complexity index is 1400. The standard InChI is InChI=1S/C30H38N3O5PSi/c1-4-25-26(18-28(36-25)32-19-21(2)29(34)31-30(32)35)37-39-33-17-11-16-24(33)27(38-39)20-40(3,22-12-7-5-8-13-22)23-14-9-6-10-15-23/h5-10,12-15,19,24-28H,4,11,16-18,20H2,1-3H3,(H,31,34,35)/t24-,25+,26+,27+,28+,39+/m0/s1. The molecular weight excluding hydrogens is 541 g/mol. The summed E-state index contributed by atoms with van der Waals surface area (Å²) in [6.45, 7) is 7.22. The molecule has 3 saturated heterocycles. The Balaban J connectivity index is 1.22. The summed E-state index contributed by atoms with van der Waals surface area (Å²) in [4.78, 5) is 26.8. The summed E-state index contributed by atoms with van der Waals surface area (Å²) in [6.07, 6.45) is 4.44. The molecule has 0 aliphatic carbocycles. The van der Waals surface area contributed by atoms with Crippen LogP contribution < -0.4 is 21.6 Å². The van der Waals surface area contributed by atoms with E-state index in [1.54, 1.807) is 13.1 Å². The van der Waals surface area contributed by atoms with Crippen molar-refractivity contribution < 1.29 is 13.8 Å². The molecule has 10 heteroatoms. The molecule has 0 radical (unpaired) electrons. The molecule has 0 saturated carbocycles. The Morgan fingerprint density at radius 2 is 1.73 bits per heavy atom. The molecule has 40 heavy (non-hydrogen) atoms. The smallest absolute Gasteiger partial charge is 0.330 e. The van der Waals surface area contributed by atoms with E-state index in [9.17, 15) is 9.59 Å². The van der Waals surface area contributed by atoms with Gasteiger partial charge in [-0.1, -0.05) is 84.5 Å². The Kier molecular flexibility index (Phi) is 7.96. The highest BCUT2D eigenvalue weighted by atomic mass is 31.2. The zero-order valence-corrected chi connectivity index (χ0v) is 25.3. The topological polar surface area (TPSA) is 85.8 Å². The molecule has 1 aromatic heterocycles. The second-order valence-electron chi connectivity index (χ2n) is 11.4. The molecule has 8 nitrogen and oxygen atoms in total. The van der Waals surface area contributed by atoms with Crippen LogP contribution in [0.5, 0.6) is 0 Å². The van der Waals surface area contributed by atoms with Gasteiger partial charge in [-0.15, -0.1) is 0 Å². The van der Waals surface area contributed by atoms with Gasteiger partial charge in [0.05, 0.1) is 18.3 Å². The van der Waals surface area contributed by atoms with Crippen molar-refractivity contribution in [3.63, 3.8) is 0 Å². The van der Waals surface area contributed by atoms with Crippen molar-refractivity contribution in [1.29, 1.82) is 0 Å². The molecule has 3 aliphatic rings. The van der Waals surface area contributed by atoms with Crippen LogP contribution in [0.1, 0.15) is 44.4 Å². The Morgan fingerprint density at radius 1 is 1.05 bits per heavy atom. The van der Waals surface area contributed by atoms with E-state index in [-0.39, 0.29) is 23.9 Å². The number of nitrogens with one attached hydrogen (secondary N) is 1. The van der Waals surface area contributed by atoms with E-state index in [1.807, 2.05) is 0 Å². The summed E-state index contributed by atoms with van der Waals surface area (Å²) < 4.78 is 23.9. The lowest BCUT2D eigenvalue weighted by molar-refractivity contribution is -0.0189. The highest BCUT2D eigenvalue weighted by Crippen LogP contribution is 2.58. The van der Waals surface area contributed by atoms with Crippen LogP contribution in [0, 0.1) is 6.92 Å². The zero-order valence-electron chi connectivity index (χ0n) is 23.4. The lowest BCUT2D eigenvalue weighted by atomic mass is 10.1. The fraction of sp³-hybridized carbons (Fsp3) is 0.467. The second kappa shape index (κ2) is 11.5. The first kappa shape index (κ1) is 27.8. The quantitative estimate of drug-likeness (QED) is 0.322. The largest absolute Gasteiger partial charge is 0.352 e. The maximum atomic E-state index is 12.5. The summed E-state index contributed by atoms with van der Waals surface area (Å²) in [6, 6.07) is 23.2. The minimum absolute atomic E-state index is 0.105. The summed E-state index contributed by atoms with van der Waals surface area (Å²) >= 11 is 0. The molecule has 3 aromatic rings. The number of aromatic amines is 1. The molecular formula is C30H38N3O5PSi. The summed E-state index contributed by atoms with van der Waals surface area (Å²) in [5.74, 6) is 0. The van der Waals surface area contributed by atoms with Crippen molar-refractivity contribution in [3.8, 4) is 0 Å². The third kappa shape index (κ3) is 5.19. The number of ether oxygens (including phenoxy) is 1. The number of rotatable bonds is 8. The number of nitrogens with zero attached hydrogens (tertiary/aromatic N) is 2. The normalized spacial score (nSPS) is 28.7. The van der Waals surface area contributed by atoms with Gasteiger partial charge >= 0.3 is 5.69 Å². The van der Waals surface area contributed by atoms with Gasteiger partial charge in [-0.05, 0) is 32.2 Å². The van der Waals surface area contributed by atoms with Crippen LogP contribution in [0.15, 0.2) is 76.4 Å². The number of hydrogen-bond donors (Lipinski definition) is 1. The second-order valence-corrected chi connectivity index (χ2v) is 17.1. The minimum atomic E-state index is -2.08. The third-order valence-corrected chi connectivity index (χ3v) is 15.1. The van der Waals surface area contributed by atoms with E-state index in [0.717, 1.165) is 31.9 Å². The van der Waals surface area contributed by atoms with Crippen LogP contribution >= 0.6 is 8.53 Å². The Labute approximate surface area is 237 Å². The molecule has 3 fully saturated rings. The molecule has 2 aromatic carbocycles. The molecule has 3 aliphatic heterocycles. The molecule has 6 atom stereocenters. The van der Waals surface area contributed by atoms with Crippen molar-refractivity contribution in [2.24, 2.45) is 0 Å². The number of aryl methyl sites for hydroxylation is 1. The van der Waals surface area contributed by atoms with E-state index >= 15 is 0 Å². The van der Waals surface area contributed by atoms with Gasteiger partial charge in [0, 0.05) is 30.8 Å². The first-order valence-electron chi connectivity index (χ1n) is 14.4. The van der Waals surface area contributed by atoms with Gasteiger partial charge in [-0.3, -0.25) is 14.3 Å². The maximum absolute atomic E-state index is 12.5. The first-order chi connectivity index (χ1) is 19.4. The van der Waals surface area contributed by atoms with E-state index in [0.29, 0.717) is 18.0 Å². The van der Waals surface area contributed by atoms with Crippen LogP contribution in [0.4, 0.5) is 0 Å². The Hall–Kier alpha value is -2.39. The van der Waals surface area contributed by atoms with Gasteiger partial charge in [0.25, 0.3) is 14.1 Å². The van der Waals surface area contributed by atoms with E-state index in [4.69, 9.17) is 13.8 Å². The SMILES string of the molecule is CC[C@H]1O[C@@H](n2cc(C)c(=O)[nH]c2=O)C[C@H]1O[P@]1O[C@H](C[Si](C)(c2ccccc2)c2ccccc2)[C@@H]2CCCN21. The van der Waals surface area contributed by atoms with Crippen molar-refractivity contribution in [2.45, 2.75) is 82.7 Å². The number of H-pyrrole nitrogens is 1. The van der Waals surface area contributed by atoms with Gasteiger partial charge < -0.3 is 13.8 Å². The van der Waals surface area contributed by atoms with Gasteiger partial charge in [-0.2, -0.15) is 0 Å². The lowest BCUT2D eigenvalue weighted by Gasteiger charge is -2.32. The van der Waals surface area contributed by atoms with Crippen molar-refractivity contribution in [2.75, 3.05) is 6.54 Å². The van der Waals surface area contributed by atoms with Crippen molar-refractivity contribution >= 4 is 27.0 Å². The lowest BCUT2D eigenvalue weighted by Crippen LogP contribution is -2.58. The van der Waals surface area contributed by atoms with Crippen LogP contribution in [-0.2, 0) is 13.8 Å². The molecule has 0 spiro atoms. The maximum Gasteiger partial charge on any atom is 0.330 e. The highest BCUT2D eigenvalue weighted by Gasteiger charge is 2.51. The van der Waals surface area contributed by atoms with Gasteiger partial charge in [0.1, 0.15) is 14.3 Å². The Morgan fingerprint density at radius 3 is 2.38 bits per heavy atom. The molecule has 4 heterocycles. The molecule has 0 unspecified atom stereocenters. The van der Waals surface area contributed by atoms with E-state index in [2.05, 4.69) is 83.8 Å².